The Bertz CT molecular complexity index is 487. The summed E-state index contributed by atoms with van der Waals surface area (Å²) in [5, 5.41) is 9.90. The summed E-state index contributed by atoms with van der Waals surface area (Å²) in [6, 6.07) is 7.02. The van der Waals surface area contributed by atoms with Crippen molar-refractivity contribution in [2.45, 2.75) is 6.42 Å². The van der Waals surface area contributed by atoms with Gasteiger partial charge in [0.2, 0.25) is 0 Å². The van der Waals surface area contributed by atoms with E-state index < -0.39 is 5.97 Å². The van der Waals surface area contributed by atoms with Gasteiger partial charge in [0.1, 0.15) is 12.2 Å². The molecule has 0 atom stereocenters. The van der Waals surface area contributed by atoms with Crippen molar-refractivity contribution in [3.63, 3.8) is 0 Å². The second-order valence-electron chi connectivity index (χ2n) is 2.94. The number of aliphatic carboxylic acids is 1. The van der Waals surface area contributed by atoms with Crippen molar-refractivity contribution >= 4 is 28.5 Å². The Morgan fingerprint density at radius 1 is 1.50 bits per heavy atom. The van der Waals surface area contributed by atoms with Gasteiger partial charge in [-0.25, -0.2) is 0 Å². The molecule has 2 aromatic rings. The summed E-state index contributed by atoms with van der Waals surface area (Å²) in [6.45, 7) is 0. The van der Waals surface area contributed by atoms with Crippen LogP contribution in [-0.2, 0) is 11.2 Å². The van der Waals surface area contributed by atoms with Gasteiger partial charge in [0.25, 0.3) is 0 Å². The lowest BCUT2D eigenvalue weighted by Gasteiger charge is -1.90. The van der Waals surface area contributed by atoms with Crippen molar-refractivity contribution in [1.82, 2.24) is 0 Å². The second-order valence-corrected chi connectivity index (χ2v) is 3.35. The highest BCUT2D eigenvalue weighted by molar-refractivity contribution is 6.34. The number of hydrogen-bond donors (Lipinski definition) is 1. The van der Waals surface area contributed by atoms with E-state index in [0.717, 1.165) is 5.39 Å². The van der Waals surface area contributed by atoms with Crippen LogP contribution in [0.3, 0.4) is 0 Å². The van der Waals surface area contributed by atoms with E-state index in [-0.39, 0.29) is 6.42 Å². The highest BCUT2D eigenvalue weighted by atomic mass is 35.5. The molecule has 0 spiro atoms. The van der Waals surface area contributed by atoms with E-state index in [2.05, 4.69) is 0 Å². The van der Waals surface area contributed by atoms with Crippen molar-refractivity contribution in [3.8, 4) is 0 Å². The number of para-hydroxylation sites is 1. The largest absolute Gasteiger partial charge is 0.481 e. The van der Waals surface area contributed by atoms with E-state index in [0.29, 0.717) is 16.4 Å². The van der Waals surface area contributed by atoms with Gasteiger partial charge in [-0.05, 0) is 12.1 Å². The molecule has 4 heteroatoms. The summed E-state index contributed by atoms with van der Waals surface area (Å²) >= 11 is 5.87. The first kappa shape index (κ1) is 9.09. The lowest BCUT2D eigenvalue weighted by atomic mass is 10.2. The SMILES string of the molecule is O=C(O)Cc1cc2cccc(Cl)c2o1. The standard InChI is InChI=1S/C10H7ClO3/c11-8-3-1-2-6-4-7(5-9(12)13)14-10(6)8/h1-4H,5H2,(H,12,13). The van der Waals surface area contributed by atoms with Crippen molar-refractivity contribution in [3.05, 3.63) is 35.0 Å². The van der Waals surface area contributed by atoms with Gasteiger partial charge in [0, 0.05) is 5.39 Å². The fourth-order valence-electron chi connectivity index (χ4n) is 1.32. The van der Waals surface area contributed by atoms with E-state index in [1.807, 2.05) is 6.07 Å². The normalized spacial score (nSPS) is 10.6. The Morgan fingerprint density at radius 3 is 2.93 bits per heavy atom. The van der Waals surface area contributed by atoms with E-state index >= 15 is 0 Å². The molecule has 0 saturated carbocycles. The van der Waals surface area contributed by atoms with Gasteiger partial charge in [-0.1, -0.05) is 23.7 Å². The Morgan fingerprint density at radius 2 is 2.29 bits per heavy atom. The third kappa shape index (κ3) is 1.59. The lowest BCUT2D eigenvalue weighted by Crippen LogP contribution is -1.97. The number of fused-ring (bicyclic) bond motifs is 1. The van der Waals surface area contributed by atoms with Crippen LogP contribution >= 0.6 is 11.6 Å². The zero-order chi connectivity index (χ0) is 10.1. The summed E-state index contributed by atoms with van der Waals surface area (Å²) in [7, 11) is 0. The number of carbonyl (C=O) groups is 1. The van der Waals surface area contributed by atoms with Crippen LogP contribution in [0, 0.1) is 0 Å². The molecule has 1 heterocycles. The first-order valence-electron chi connectivity index (χ1n) is 4.05. The van der Waals surface area contributed by atoms with Crippen LogP contribution < -0.4 is 0 Å². The molecule has 0 radical (unpaired) electrons. The summed E-state index contributed by atoms with van der Waals surface area (Å²) in [4.78, 5) is 10.4. The van der Waals surface area contributed by atoms with Crippen LogP contribution in [0.1, 0.15) is 5.76 Å². The molecule has 1 N–H and O–H groups in total. The van der Waals surface area contributed by atoms with Gasteiger partial charge in [0.15, 0.2) is 5.58 Å². The molecule has 2 rings (SSSR count). The van der Waals surface area contributed by atoms with Gasteiger partial charge in [-0.15, -0.1) is 0 Å². The second kappa shape index (κ2) is 3.35. The maximum atomic E-state index is 10.4. The molecule has 72 valence electrons. The van der Waals surface area contributed by atoms with Gasteiger partial charge in [-0.2, -0.15) is 0 Å². The van der Waals surface area contributed by atoms with Crippen molar-refractivity contribution in [2.75, 3.05) is 0 Å². The van der Waals surface area contributed by atoms with Crippen LogP contribution in [0.2, 0.25) is 5.02 Å². The average Bonchev–Trinajstić information content (AvgIpc) is 2.47. The maximum absolute atomic E-state index is 10.4. The molecule has 3 nitrogen and oxygen atoms in total. The van der Waals surface area contributed by atoms with E-state index in [9.17, 15) is 4.79 Å². The Kier molecular flexibility index (Phi) is 2.17. The number of hydrogen-bond acceptors (Lipinski definition) is 2. The maximum Gasteiger partial charge on any atom is 0.311 e. The van der Waals surface area contributed by atoms with E-state index in [1.165, 1.54) is 0 Å². The van der Waals surface area contributed by atoms with E-state index in [4.69, 9.17) is 21.1 Å². The van der Waals surface area contributed by atoms with Crippen molar-refractivity contribution < 1.29 is 14.3 Å². The third-order valence-electron chi connectivity index (χ3n) is 1.87. The Balaban J connectivity index is 2.51. The third-order valence-corrected chi connectivity index (χ3v) is 2.17. The number of rotatable bonds is 2. The molecule has 0 amide bonds. The predicted molar refractivity (Wildman–Crippen MR) is 52.6 cm³/mol. The molecule has 0 aliphatic rings. The Labute approximate surface area is 84.9 Å². The van der Waals surface area contributed by atoms with E-state index in [1.54, 1.807) is 18.2 Å². The van der Waals surface area contributed by atoms with Crippen LogP contribution in [0.15, 0.2) is 28.7 Å². The first-order valence-corrected chi connectivity index (χ1v) is 4.43. The lowest BCUT2D eigenvalue weighted by molar-refractivity contribution is -0.136. The fourth-order valence-corrected chi connectivity index (χ4v) is 1.54. The smallest absolute Gasteiger partial charge is 0.311 e. The summed E-state index contributed by atoms with van der Waals surface area (Å²) in [6.07, 6.45) is -0.120. The topological polar surface area (TPSA) is 50.4 Å². The zero-order valence-corrected chi connectivity index (χ0v) is 7.91. The number of carboxylic acid groups (broad SMARTS) is 1. The minimum Gasteiger partial charge on any atom is -0.481 e. The van der Waals surface area contributed by atoms with Crippen molar-refractivity contribution in [1.29, 1.82) is 0 Å². The van der Waals surface area contributed by atoms with Gasteiger partial charge in [0.05, 0.1) is 5.02 Å². The molecule has 0 aliphatic carbocycles. The highest BCUT2D eigenvalue weighted by Crippen LogP contribution is 2.26. The minimum atomic E-state index is -0.917. The van der Waals surface area contributed by atoms with Crippen molar-refractivity contribution in [2.24, 2.45) is 0 Å². The zero-order valence-electron chi connectivity index (χ0n) is 7.16. The number of furan rings is 1. The molecular weight excluding hydrogens is 204 g/mol. The number of benzene rings is 1. The van der Waals surface area contributed by atoms with Gasteiger partial charge >= 0.3 is 5.97 Å². The minimum absolute atomic E-state index is 0.120. The number of carboxylic acids is 1. The van der Waals surface area contributed by atoms with Crippen LogP contribution in [-0.4, -0.2) is 11.1 Å². The molecular formula is C10H7ClO3. The Hall–Kier alpha value is -1.48. The van der Waals surface area contributed by atoms with Gasteiger partial charge in [-0.3, -0.25) is 4.79 Å². The molecule has 0 aliphatic heterocycles. The fraction of sp³-hybridized carbons (Fsp3) is 0.100. The molecule has 0 unspecified atom stereocenters. The molecule has 14 heavy (non-hydrogen) atoms. The predicted octanol–water partition coefficient (Wildman–Crippen LogP) is 2.71. The van der Waals surface area contributed by atoms with Gasteiger partial charge < -0.3 is 9.52 Å². The molecule has 1 aromatic carbocycles. The monoisotopic (exact) mass is 210 g/mol. The van der Waals surface area contributed by atoms with Crippen LogP contribution in [0.4, 0.5) is 0 Å². The quantitative estimate of drug-likeness (QED) is 0.829. The average molecular weight is 211 g/mol. The highest BCUT2D eigenvalue weighted by Gasteiger charge is 2.09. The summed E-state index contributed by atoms with van der Waals surface area (Å²) in [5.74, 6) is -0.499. The summed E-state index contributed by atoms with van der Waals surface area (Å²) in [5.41, 5.74) is 0.547. The molecule has 1 aromatic heterocycles. The van der Waals surface area contributed by atoms with Crippen LogP contribution in [0.5, 0.6) is 0 Å². The number of halogens is 1. The molecule has 0 fully saturated rings. The summed E-state index contributed by atoms with van der Waals surface area (Å²) < 4.78 is 5.30. The molecule has 0 bridgehead atoms. The van der Waals surface area contributed by atoms with Crippen LogP contribution in [0.25, 0.3) is 11.0 Å². The molecule has 0 saturated heterocycles. The first-order chi connectivity index (χ1) is 6.66.